The number of ether oxygens (including phenoxy) is 1. The Bertz CT molecular complexity index is 1050. The van der Waals surface area contributed by atoms with Crippen LogP contribution in [0.4, 0.5) is 8.68 Å². The van der Waals surface area contributed by atoms with Gasteiger partial charge in [0.15, 0.2) is 18.2 Å². The van der Waals surface area contributed by atoms with E-state index in [0.29, 0.717) is 34.9 Å². The van der Waals surface area contributed by atoms with E-state index in [1.54, 1.807) is 18.3 Å². The lowest BCUT2D eigenvalue weighted by molar-refractivity contribution is 0.196. The van der Waals surface area contributed by atoms with Crippen molar-refractivity contribution in [2.45, 2.75) is 32.1 Å². The zero-order chi connectivity index (χ0) is 21.6. The van der Waals surface area contributed by atoms with Crippen LogP contribution in [0.15, 0.2) is 43.0 Å². The molecule has 0 bridgehead atoms. The quantitative estimate of drug-likeness (QED) is 0.566. The van der Waals surface area contributed by atoms with Gasteiger partial charge < -0.3 is 15.2 Å². The van der Waals surface area contributed by atoms with Gasteiger partial charge in [0, 0.05) is 35.6 Å². The Labute approximate surface area is 183 Å². The van der Waals surface area contributed by atoms with Gasteiger partial charge >= 0.3 is 6.09 Å². The minimum absolute atomic E-state index is 0.00440. The number of benzene rings is 1. The molecule has 0 radical (unpaired) electrons. The van der Waals surface area contributed by atoms with Gasteiger partial charge in [-0.05, 0) is 43.0 Å². The van der Waals surface area contributed by atoms with Gasteiger partial charge in [-0.25, -0.2) is 9.78 Å². The summed E-state index contributed by atoms with van der Waals surface area (Å²) < 4.78 is 19.4. The zero-order valence-electron chi connectivity index (χ0n) is 16.7. The molecule has 0 atom stereocenters. The van der Waals surface area contributed by atoms with Crippen LogP contribution in [0.2, 0.25) is 0 Å². The topological polar surface area (TPSA) is 102 Å². The molecule has 1 aromatic carbocycles. The molecule has 0 unspecified atom stereocenters. The fraction of sp³-hybridized carbons (Fsp3) is 0.333. The van der Waals surface area contributed by atoms with Gasteiger partial charge in [0.25, 0.3) is 0 Å². The smallest absolute Gasteiger partial charge is 0.412 e. The molecule has 10 heteroatoms. The van der Waals surface area contributed by atoms with E-state index in [2.05, 4.69) is 20.4 Å². The standard InChI is InChI=1S/C21H22FN5O3S/c22-31-27-20(25-13-26-27)16-8-15(11-23-12-16)18-9-17(6-7-19(18)28)30-21(29)24-10-14-4-2-1-3-5-14/h6-9,11-14,28H,1-5,10H2,(H,24,29). The molecule has 4 rings (SSSR count). The van der Waals surface area contributed by atoms with Gasteiger partial charge in [0.05, 0.1) is 0 Å². The monoisotopic (exact) mass is 443 g/mol. The number of phenolic OH excluding ortho intramolecular Hbond substituents is 1. The Morgan fingerprint density at radius 2 is 2.03 bits per heavy atom. The predicted molar refractivity (Wildman–Crippen MR) is 115 cm³/mol. The maximum absolute atomic E-state index is 13.0. The highest BCUT2D eigenvalue weighted by atomic mass is 32.2. The fourth-order valence-corrected chi connectivity index (χ4v) is 4.04. The largest absolute Gasteiger partial charge is 0.507 e. The molecule has 8 nitrogen and oxygen atoms in total. The first-order chi connectivity index (χ1) is 15.1. The number of aromatic nitrogens is 4. The first-order valence-electron chi connectivity index (χ1n) is 10.1. The van der Waals surface area contributed by atoms with Crippen LogP contribution in [-0.2, 0) is 0 Å². The second kappa shape index (κ2) is 9.78. The molecule has 2 N–H and O–H groups in total. The lowest BCUT2D eigenvalue weighted by Crippen LogP contribution is -2.32. The zero-order valence-corrected chi connectivity index (χ0v) is 17.5. The molecular formula is C21H22FN5O3S. The van der Waals surface area contributed by atoms with Crippen molar-refractivity contribution in [2.24, 2.45) is 5.92 Å². The first kappa shape index (κ1) is 21.1. The number of amides is 1. The summed E-state index contributed by atoms with van der Waals surface area (Å²) >= 11 is -0.0728. The highest BCUT2D eigenvalue weighted by molar-refractivity contribution is 7.92. The molecule has 2 heterocycles. The Balaban J connectivity index is 1.49. The number of rotatable bonds is 6. The van der Waals surface area contributed by atoms with Crippen LogP contribution in [0.25, 0.3) is 22.5 Å². The molecule has 1 amide bonds. The molecule has 0 saturated heterocycles. The predicted octanol–water partition coefficient (Wildman–Crippen LogP) is 4.76. The average Bonchev–Trinajstić information content (AvgIpc) is 3.29. The Hall–Kier alpha value is -3.14. The third-order valence-corrected chi connectivity index (χ3v) is 5.73. The third kappa shape index (κ3) is 5.13. The molecular weight excluding hydrogens is 421 g/mol. The highest BCUT2D eigenvalue weighted by Gasteiger charge is 2.16. The Kier molecular flexibility index (Phi) is 6.66. The number of hydrogen-bond acceptors (Lipinski definition) is 7. The Morgan fingerprint density at radius 3 is 2.84 bits per heavy atom. The van der Waals surface area contributed by atoms with Gasteiger partial charge in [0.1, 0.15) is 17.8 Å². The number of carbonyl (C=O) groups excluding carboxylic acids is 1. The summed E-state index contributed by atoms with van der Waals surface area (Å²) in [7, 11) is 0. The molecule has 3 aromatic rings. The molecule has 0 aliphatic heterocycles. The molecule has 1 saturated carbocycles. The molecule has 31 heavy (non-hydrogen) atoms. The molecule has 0 spiro atoms. The molecule has 162 valence electrons. The number of carbonyl (C=O) groups is 1. The van der Waals surface area contributed by atoms with E-state index in [-0.39, 0.29) is 23.9 Å². The summed E-state index contributed by atoms with van der Waals surface area (Å²) in [5.41, 5.74) is 1.50. The molecule has 1 aliphatic carbocycles. The maximum atomic E-state index is 13.0. The minimum Gasteiger partial charge on any atom is -0.507 e. The summed E-state index contributed by atoms with van der Waals surface area (Å²) in [6.07, 6.45) is 9.72. The number of nitrogens with zero attached hydrogens (tertiary/aromatic N) is 4. The van der Waals surface area contributed by atoms with E-state index in [1.165, 1.54) is 43.9 Å². The fourth-order valence-electron chi connectivity index (χ4n) is 3.75. The van der Waals surface area contributed by atoms with Crippen LogP contribution < -0.4 is 10.1 Å². The number of pyridine rings is 1. The van der Waals surface area contributed by atoms with Crippen molar-refractivity contribution < 1.29 is 18.5 Å². The van der Waals surface area contributed by atoms with Crippen molar-refractivity contribution in [3.8, 4) is 34.0 Å². The van der Waals surface area contributed by atoms with Crippen LogP contribution in [0, 0.1) is 5.92 Å². The molecule has 2 aromatic heterocycles. The molecule has 1 fully saturated rings. The van der Waals surface area contributed by atoms with Crippen molar-refractivity contribution in [3.63, 3.8) is 0 Å². The summed E-state index contributed by atoms with van der Waals surface area (Å²) in [6, 6.07) is 6.23. The number of aromatic hydroxyl groups is 1. The van der Waals surface area contributed by atoms with Gasteiger partial charge in [-0.1, -0.05) is 19.3 Å². The van der Waals surface area contributed by atoms with Crippen molar-refractivity contribution in [2.75, 3.05) is 6.54 Å². The van der Waals surface area contributed by atoms with E-state index in [9.17, 15) is 13.8 Å². The summed E-state index contributed by atoms with van der Waals surface area (Å²) in [6.45, 7) is 0.600. The Morgan fingerprint density at radius 1 is 1.23 bits per heavy atom. The van der Waals surface area contributed by atoms with Gasteiger partial charge in [-0.3, -0.25) is 4.98 Å². The van der Waals surface area contributed by atoms with Crippen LogP contribution >= 0.6 is 12.3 Å². The lowest BCUT2D eigenvalue weighted by Gasteiger charge is -2.21. The number of halogens is 1. The van der Waals surface area contributed by atoms with E-state index in [4.69, 9.17) is 4.74 Å². The van der Waals surface area contributed by atoms with E-state index in [1.807, 2.05) is 0 Å². The summed E-state index contributed by atoms with van der Waals surface area (Å²) in [4.78, 5) is 20.4. The minimum atomic E-state index is -0.526. The van der Waals surface area contributed by atoms with Crippen molar-refractivity contribution in [1.82, 2.24) is 24.5 Å². The maximum Gasteiger partial charge on any atom is 0.412 e. The second-order valence-electron chi connectivity index (χ2n) is 7.44. The van der Waals surface area contributed by atoms with Crippen molar-refractivity contribution in [1.29, 1.82) is 0 Å². The highest BCUT2D eigenvalue weighted by Crippen LogP contribution is 2.34. The average molecular weight is 444 g/mol. The molecule has 1 aliphatic rings. The van der Waals surface area contributed by atoms with Crippen molar-refractivity contribution in [3.05, 3.63) is 43.0 Å². The van der Waals surface area contributed by atoms with E-state index < -0.39 is 6.09 Å². The van der Waals surface area contributed by atoms with Gasteiger partial charge in [-0.2, -0.15) is 4.09 Å². The summed E-state index contributed by atoms with van der Waals surface area (Å²) in [5.74, 6) is 1.07. The van der Waals surface area contributed by atoms with Gasteiger partial charge in [0.2, 0.25) is 0 Å². The van der Waals surface area contributed by atoms with Gasteiger partial charge in [-0.15, -0.1) is 8.98 Å². The second-order valence-corrected chi connectivity index (χ2v) is 7.93. The summed E-state index contributed by atoms with van der Waals surface area (Å²) in [5, 5.41) is 16.9. The van der Waals surface area contributed by atoms with Crippen molar-refractivity contribution >= 4 is 18.4 Å². The third-order valence-electron chi connectivity index (χ3n) is 5.33. The van der Waals surface area contributed by atoms with Crippen LogP contribution in [0.5, 0.6) is 11.5 Å². The van der Waals surface area contributed by atoms with Crippen LogP contribution in [-0.4, -0.2) is 36.9 Å². The first-order valence-corrected chi connectivity index (χ1v) is 10.7. The number of hydrogen-bond donors (Lipinski definition) is 2. The van der Waals surface area contributed by atoms with E-state index >= 15 is 0 Å². The van der Waals surface area contributed by atoms with Crippen LogP contribution in [0.3, 0.4) is 0 Å². The normalized spacial score (nSPS) is 14.4. The van der Waals surface area contributed by atoms with E-state index in [0.717, 1.165) is 16.9 Å². The number of nitrogens with one attached hydrogen (secondary N) is 1. The number of phenols is 1. The SMILES string of the molecule is O=C(NCC1CCCCC1)Oc1ccc(O)c(-c2cncc(-c3ncnn3SF)c2)c1. The van der Waals surface area contributed by atoms with Crippen LogP contribution in [0.1, 0.15) is 32.1 Å². The lowest BCUT2D eigenvalue weighted by atomic mass is 9.89.